The highest BCUT2D eigenvalue weighted by atomic mass is 32.2. The molecule has 0 saturated carbocycles. The summed E-state index contributed by atoms with van der Waals surface area (Å²) in [6, 6.07) is 8.59. The first-order valence-corrected chi connectivity index (χ1v) is 9.85. The van der Waals surface area contributed by atoms with Gasteiger partial charge in [-0.1, -0.05) is 24.2 Å². The van der Waals surface area contributed by atoms with Gasteiger partial charge < -0.3 is 4.52 Å². The molecule has 0 N–H and O–H groups in total. The number of thiophene rings is 1. The third kappa shape index (κ3) is 3.64. The molecule has 0 unspecified atom stereocenters. The molecule has 3 aromatic rings. The largest absolute Gasteiger partial charge is 0.337 e. The molecule has 0 saturated heterocycles. The maximum Gasteiger partial charge on any atom is 0.270 e. The molecule has 0 spiro atoms. The number of hydrogen-bond donors (Lipinski definition) is 0. The van der Waals surface area contributed by atoms with Gasteiger partial charge in [0.25, 0.3) is 5.69 Å². The molecule has 0 fully saturated rings. The van der Waals surface area contributed by atoms with E-state index in [1.807, 2.05) is 17.5 Å². The first kappa shape index (κ1) is 18.2. The van der Waals surface area contributed by atoms with Crippen LogP contribution in [-0.2, 0) is 16.6 Å². The van der Waals surface area contributed by atoms with Gasteiger partial charge in [-0.25, -0.2) is 8.42 Å². The van der Waals surface area contributed by atoms with Crippen LogP contribution in [0, 0.1) is 10.1 Å². The van der Waals surface area contributed by atoms with Crippen molar-refractivity contribution in [1.82, 2.24) is 14.4 Å². The van der Waals surface area contributed by atoms with Crippen LogP contribution in [0.25, 0.3) is 10.7 Å². The molecule has 136 valence electrons. The first-order chi connectivity index (χ1) is 12.4. The molecule has 0 atom stereocenters. The Morgan fingerprint density at radius 1 is 1.31 bits per heavy atom. The van der Waals surface area contributed by atoms with Crippen molar-refractivity contribution in [3.63, 3.8) is 0 Å². The predicted molar refractivity (Wildman–Crippen MR) is 94.0 cm³/mol. The molecule has 2 aromatic heterocycles. The summed E-state index contributed by atoms with van der Waals surface area (Å²) in [6.45, 7) is 1.67. The third-order valence-corrected chi connectivity index (χ3v) is 6.32. The zero-order chi connectivity index (χ0) is 18.7. The molecule has 3 rings (SSSR count). The van der Waals surface area contributed by atoms with Crippen LogP contribution in [0.2, 0.25) is 0 Å². The fourth-order valence-electron chi connectivity index (χ4n) is 2.25. The highest BCUT2D eigenvalue weighted by Crippen LogP contribution is 2.24. The molecule has 0 amide bonds. The van der Waals surface area contributed by atoms with E-state index in [4.69, 9.17) is 4.52 Å². The molecule has 0 bridgehead atoms. The van der Waals surface area contributed by atoms with Crippen molar-refractivity contribution in [2.75, 3.05) is 6.54 Å². The smallest absolute Gasteiger partial charge is 0.270 e. The first-order valence-electron chi connectivity index (χ1n) is 7.53. The van der Waals surface area contributed by atoms with E-state index in [0.29, 0.717) is 5.82 Å². The van der Waals surface area contributed by atoms with E-state index >= 15 is 0 Å². The van der Waals surface area contributed by atoms with Crippen LogP contribution in [0.4, 0.5) is 5.69 Å². The maximum atomic E-state index is 12.8. The number of nitro groups is 1. The predicted octanol–water partition coefficient (Wildman–Crippen LogP) is 2.92. The zero-order valence-corrected chi connectivity index (χ0v) is 15.2. The lowest BCUT2D eigenvalue weighted by atomic mass is 10.3. The highest BCUT2D eigenvalue weighted by Gasteiger charge is 2.27. The minimum absolute atomic E-state index is 0.125. The van der Waals surface area contributed by atoms with Crippen LogP contribution < -0.4 is 0 Å². The Labute approximate surface area is 153 Å². The number of nitrogens with zero attached hydrogens (tertiary/aromatic N) is 4. The van der Waals surface area contributed by atoms with E-state index in [0.717, 1.165) is 15.2 Å². The summed E-state index contributed by atoms with van der Waals surface area (Å²) < 4.78 is 31.9. The highest BCUT2D eigenvalue weighted by molar-refractivity contribution is 7.89. The van der Waals surface area contributed by atoms with Crippen molar-refractivity contribution >= 4 is 27.0 Å². The van der Waals surface area contributed by atoms with Crippen LogP contribution in [0.3, 0.4) is 0 Å². The van der Waals surface area contributed by atoms with Gasteiger partial charge >= 0.3 is 0 Å². The van der Waals surface area contributed by atoms with Crippen molar-refractivity contribution in [1.29, 1.82) is 0 Å². The Morgan fingerprint density at radius 2 is 2.12 bits per heavy atom. The minimum atomic E-state index is -3.95. The van der Waals surface area contributed by atoms with E-state index in [2.05, 4.69) is 10.1 Å². The van der Waals surface area contributed by atoms with E-state index in [9.17, 15) is 18.5 Å². The van der Waals surface area contributed by atoms with Gasteiger partial charge in [-0.05, 0) is 17.5 Å². The molecule has 11 heteroatoms. The quantitative estimate of drug-likeness (QED) is 0.446. The second kappa shape index (κ2) is 7.32. The van der Waals surface area contributed by atoms with Gasteiger partial charge in [-0.3, -0.25) is 10.1 Å². The van der Waals surface area contributed by atoms with Crippen LogP contribution in [0.15, 0.2) is 51.2 Å². The maximum absolute atomic E-state index is 12.8. The topological polar surface area (TPSA) is 119 Å². The third-order valence-electron chi connectivity index (χ3n) is 3.54. The van der Waals surface area contributed by atoms with Gasteiger partial charge in [0, 0.05) is 18.7 Å². The van der Waals surface area contributed by atoms with Crippen molar-refractivity contribution < 1.29 is 17.9 Å². The zero-order valence-electron chi connectivity index (χ0n) is 13.6. The molecular formula is C15H14N4O5S2. The minimum Gasteiger partial charge on any atom is -0.337 e. The number of benzene rings is 1. The van der Waals surface area contributed by atoms with Crippen molar-refractivity contribution in [3.05, 3.63) is 57.8 Å². The molecule has 0 aliphatic carbocycles. The number of aromatic nitrogens is 2. The van der Waals surface area contributed by atoms with Gasteiger partial charge in [-0.2, -0.15) is 9.29 Å². The number of sulfonamides is 1. The molecule has 9 nitrogen and oxygen atoms in total. The van der Waals surface area contributed by atoms with Gasteiger partial charge in [0.05, 0.1) is 21.2 Å². The van der Waals surface area contributed by atoms with Gasteiger partial charge in [0.15, 0.2) is 0 Å². The Morgan fingerprint density at radius 3 is 2.77 bits per heavy atom. The summed E-state index contributed by atoms with van der Waals surface area (Å²) in [5.74, 6) is 0.531. The fourth-order valence-corrected chi connectivity index (χ4v) is 4.34. The Hall–Kier alpha value is -2.63. The summed E-state index contributed by atoms with van der Waals surface area (Å²) in [5.41, 5.74) is -0.292. The second-order valence-electron chi connectivity index (χ2n) is 5.17. The normalized spacial score (nSPS) is 11.8. The Balaban J connectivity index is 1.86. The van der Waals surface area contributed by atoms with E-state index in [1.165, 1.54) is 29.5 Å². The summed E-state index contributed by atoms with van der Waals surface area (Å²) in [7, 11) is -3.95. The van der Waals surface area contributed by atoms with E-state index in [1.54, 1.807) is 6.92 Å². The number of nitro benzene ring substituents is 1. The lowest BCUT2D eigenvalue weighted by molar-refractivity contribution is -0.385. The molecule has 2 heterocycles. The van der Waals surface area contributed by atoms with Crippen LogP contribution >= 0.6 is 11.3 Å². The Kier molecular flexibility index (Phi) is 5.11. The lowest BCUT2D eigenvalue weighted by Gasteiger charge is -2.18. The van der Waals surface area contributed by atoms with Crippen molar-refractivity contribution in [2.24, 2.45) is 0 Å². The molecule has 0 aliphatic rings. The molecular weight excluding hydrogens is 380 g/mol. The molecule has 26 heavy (non-hydrogen) atoms. The van der Waals surface area contributed by atoms with Crippen molar-refractivity contribution in [3.8, 4) is 10.7 Å². The van der Waals surface area contributed by atoms with Gasteiger partial charge in [0.2, 0.25) is 21.7 Å². The molecule has 1 aromatic carbocycles. The summed E-state index contributed by atoms with van der Waals surface area (Å²) >= 11 is 1.44. The Bertz CT molecular complexity index is 1010. The molecule has 0 radical (unpaired) electrons. The number of non-ortho nitro benzene ring substituents is 1. The van der Waals surface area contributed by atoms with Crippen LogP contribution in [0.1, 0.15) is 12.8 Å². The van der Waals surface area contributed by atoms with E-state index in [-0.39, 0.29) is 29.6 Å². The summed E-state index contributed by atoms with van der Waals surface area (Å²) in [5, 5.41) is 16.6. The standard InChI is InChI=1S/C15H14N4O5S2/c1-2-18(10-14-16-15(17-24-14)13-7-4-8-25-13)26(22,23)12-6-3-5-11(9-12)19(20)21/h3-9H,2,10H2,1H3. The number of rotatable bonds is 7. The lowest BCUT2D eigenvalue weighted by Crippen LogP contribution is -2.30. The van der Waals surface area contributed by atoms with Gasteiger partial charge in [0.1, 0.15) is 0 Å². The average molecular weight is 394 g/mol. The average Bonchev–Trinajstić information content (AvgIpc) is 3.31. The monoisotopic (exact) mass is 394 g/mol. The van der Waals surface area contributed by atoms with Crippen molar-refractivity contribution in [2.45, 2.75) is 18.4 Å². The van der Waals surface area contributed by atoms with Gasteiger partial charge in [-0.15, -0.1) is 11.3 Å². The summed E-state index contributed by atoms with van der Waals surface area (Å²) in [6.07, 6.45) is 0. The number of hydrogen-bond acceptors (Lipinski definition) is 8. The summed E-state index contributed by atoms with van der Waals surface area (Å²) in [4.78, 5) is 15.1. The van der Waals surface area contributed by atoms with E-state index < -0.39 is 14.9 Å². The SMILES string of the molecule is CCN(Cc1nc(-c2cccs2)no1)S(=O)(=O)c1cccc([N+](=O)[O-])c1. The molecule has 0 aliphatic heterocycles. The van der Waals surface area contributed by atoms with Crippen LogP contribution in [0.5, 0.6) is 0 Å². The fraction of sp³-hybridized carbons (Fsp3) is 0.200. The second-order valence-corrected chi connectivity index (χ2v) is 8.06. The van der Waals surface area contributed by atoms with Crippen LogP contribution in [-0.4, -0.2) is 34.3 Å².